The van der Waals surface area contributed by atoms with Gasteiger partial charge in [0.2, 0.25) is 0 Å². The minimum atomic E-state index is -0.459. The number of cyclic esters (lactones) is 1. The summed E-state index contributed by atoms with van der Waals surface area (Å²) in [4.78, 5) is 12.1. The van der Waals surface area contributed by atoms with E-state index in [0.29, 0.717) is 0 Å². The molecule has 1 aliphatic heterocycles. The first-order valence-corrected chi connectivity index (χ1v) is 7.12. The number of benzene rings is 1. The molecule has 3 heteroatoms. The lowest BCUT2D eigenvalue weighted by molar-refractivity contribution is -0.147. The quantitative estimate of drug-likeness (QED) is 0.763. The molecule has 98 valence electrons. The summed E-state index contributed by atoms with van der Waals surface area (Å²) in [5.74, 6) is -0.0868. The van der Waals surface area contributed by atoms with Crippen LogP contribution in [0.25, 0.3) is 0 Å². The Balaban J connectivity index is 2.15. The predicted molar refractivity (Wildman–Crippen MR) is 75.5 cm³/mol. The molecule has 18 heavy (non-hydrogen) atoms. The van der Waals surface area contributed by atoms with Crippen LogP contribution in [-0.2, 0) is 16.0 Å². The second kappa shape index (κ2) is 4.61. The van der Waals surface area contributed by atoms with Crippen LogP contribution in [0.4, 0.5) is 0 Å². The van der Waals surface area contributed by atoms with Crippen molar-refractivity contribution >= 4 is 17.7 Å². The third-order valence-corrected chi connectivity index (χ3v) is 4.95. The fourth-order valence-electron chi connectivity index (χ4n) is 1.98. The van der Waals surface area contributed by atoms with Gasteiger partial charge in [-0.1, -0.05) is 62.9 Å². The van der Waals surface area contributed by atoms with Gasteiger partial charge in [0, 0.05) is 5.41 Å². The highest BCUT2D eigenvalue weighted by atomic mass is 32.2. The predicted octanol–water partition coefficient (Wildman–Crippen LogP) is 3.65. The van der Waals surface area contributed by atoms with E-state index in [1.54, 1.807) is 11.8 Å². The van der Waals surface area contributed by atoms with E-state index in [1.807, 2.05) is 25.1 Å². The van der Waals surface area contributed by atoms with Gasteiger partial charge in [0.1, 0.15) is 4.75 Å². The lowest BCUT2D eigenvalue weighted by Crippen LogP contribution is -2.29. The van der Waals surface area contributed by atoms with E-state index in [4.69, 9.17) is 4.74 Å². The van der Waals surface area contributed by atoms with E-state index in [0.717, 1.165) is 6.42 Å². The van der Waals surface area contributed by atoms with Gasteiger partial charge >= 0.3 is 5.97 Å². The highest BCUT2D eigenvalue weighted by Gasteiger charge is 2.49. The largest absolute Gasteiger partial charge is 0.450 e. The highest BCUT2D eigenvalue weighted by molar-refractivity contribution is 8.02. The van der Waals surface area contributed by atoms with Gasteiger partial charge in [0.25, 0.3) is 0 Å². The van der Waals surface area contributed by atoms with E-state index < -0.39 is 4.75 Å². The van der Waals surface area contributed by atoms with Crippen LogP contribution in [0, 0.1) is 5.41 Å². The molecule has 0 amide bonds. The van der Waals surface area contributed by atoms with Crippen LogP contribution in [0.3, 0.4) is 0 Å². The van der Waals surface area contributed by atoms with Crippen LogP contribution in [0.5, 0.6) is 0 Å². The van der Waals surface area contributed by atoms with Crippen LogP contribution in [0.1, 0.15) is 33.3 Å². The molecule has 2 atom stereocenters. The number of hydrogen-bond acceptors (Lipinski definition) is 3. The molecule has 2 rings (SSSR count). The smallest absolute Gasteiger partial charge is 0.323 e. The van der Waals surface area contributed by atoms with Gasteiger partial charge in [-0.15, -0.1) is 0 Å². The highest BCUT2D eigenvalue weighted by Crippen LogP contribution is 2.47. The lowest BCUT2D eigenvalue weighted by Gasteiger charge is -2.25. The van der Waals surface area contributed by atoms with E-state index in [1.165, 1.54) is 5.56 Å². The van der Waals surface area contributed by atoms with Crippen molar-refractivity contribution in [1.29, 1.82) is 0 Å². The van der Waals surface area contributed by atoms with Crippen molar-refractivity contribution in [3.05, 3.63) is 35.9 Å². The summed E-state index contributed by atoms with van der Waals surface area (Å²) in [5.41, 5.74) is 1.10. The molecule has 1 aromatic carbocycles. The normalized spacial score (nSPS) is 28.2. The number of esters is 1. The van der Waals surface area contributed by atoms with E-state index in [-0.39, 0.29) is 16.8 Å². The molecule has 1 aliphatic rings. The Labute approximate surface area is 113 Å². The van der Waals surface area contributed by atoms with Gasteiger partial charge in [-0.3, -0.25) is 4.79 Å². The Hall–Kier alpha value is -0.960. The van der Waals surface area contributed by atoms with Gasteiger partial charge < -0.3 is 4.74 Å². The minimum Gasteiger partial charge on any atom is -0.450 e. The van der Waals surface area contributed by atoms with E-state index >= 15 is 0 Å². The van der Waals surface area contributed by atoms with E-state index in [2.05, 4.69) is 32.9 Å². The average molecular weight is 264 g/mol. The molecular formula is C15H20O2S. The summed E-state index contributed by atoms with van der Waals surface area (Å²) < 4.78 is 5.08. The third-order valence-electron chi connectivity index (χ3n) is 3.10. The molecule has 0 aromatic heterocycles. The van der Waals surface area contributed by atoms with Crippen molar-refractivity contribution in [2.75, 3.05) is 0 Å². The molecular weight excluding hydrogens is 244 g/mol. The second-order valence-electron chi connectivity index (χ2n) is 6.11. The molecule has 1 aromatic rings. The molecule has 0 bridgehead atoms. The van der Waals surface area contributed by atoms with Crippen molar-refractivity contribution in [3.63, 3.8) is 0 Å². The summed E-state index contributed by atoms with van der Waals surface area (Å²) >= 11 is 1.65. The number of rotatable bonds is 2. The first-order chi connectivity index (χ1) is 8.31. The molecule has 1 heterocycles. The summed E-state index contributed by atoms with van der Waals surface area (Å²) in [6.07, 6.45) is 0.726. The maximum Gasteiger partial charge on any atom is 0.323 e. The number of thioether (sulfide) groups is 1. The standard InChI is InChI=1S/C15H20O2S/c1-14(2,3)13-17-12(16)15(4,18-13)10-11-8-6-5-7-9-11/h5-9,13H,10H2,1-4H3. The molecule has 2 nitrogen and oxygen atoms in total. The lowest BCUT2D eigenvalue weighted by atomic mass is 9.98. The summed E-state index contributed by atoms with van der Waals surface area (Å²) in [6.45, 7) is 8.29. The van der Waals surface area contributed by atoms with Crippen molar-refractivity contribution in [3.8, 4) is 0 Å². The molecule has 2 unspecified atom stereocenters. The maximum atomic E-state index is 12.1. The Bertz CT molecular complexity index is 436. The summed E-state index contributed by atoms with van der Waals surface area (Å²) in [5, 5.41) is 0. The van der Waals surface area contributed by atoms with Crippen molar-refractivity contribution < 1.29 is 9.53 Å². The number of carbonyl (C=O) groups excluding carboxylic acids is 1. The van der Waals surface area contributed by atoms with Crippen molar-refractivity contribution in [2.24, 2.45) is 5.41 Å². The van der Waals surface area contributed by atoms with Crippen LogP contribution in [0.15, 0.2) is 30.3 Å². The fraction of sp³-hybridized carbons (Fsp3) is 0.533. The summed E-state index contributed by atoms with van der Waals surface area (Å²) in [7, 11) is 0. The molecule has 1 saturated heterocycles. The first kappa shape index (κ1) is 13.5. The van der Waals surface area contributed by atoms with Gasteiger partial charge in [0.15, 0.2) is 5.44 Å². The van der Waals surface area contributed by atoms with Gasteiger partial charge in [-0.25, -0.2) is 0 Å². The topological polar surface area (TPSA) is 26.3 Å². The van der Waals surface area contributed by atoms with Crippen LogP contribution < -0.4 is 0 Å². The minimum absolute atomic E-state index is 0.0191. The number of ether oxygens (including phenoxy) is 1. The molecule has 0 aliphatic carbocycles. The zero-order valence-corrected chi connectivity index (χ0v) is 12.2. The van der Waals surface area contributed by atoms with Gasteiger partial charge in [-0.05, 0) is 18.9 Å². The Morgan fingerprint density at radius 3 is 2.39 bits per heavy atom. The monoisotopic (exact) mass is 264 g/mol. The molecule has 0 radical (unpaired) electrons. The zero-order valence-electron chi connectivity index (χ0n) is 11.4. The molecule has 0 spiro atoms. The SMILES string of the molecule is CC1(Cc2ccccc2)SC(C(C)(C)C)OC1=O. The third kappa shape index (κ3) is 2.72. The Morgan fingerprint density at radius 2 is 1.89 bits per heavy atom. The number of hydrogen-bond donors (Lipinski definition) is 0. The molecule has 1 fully saturated rings. The van der Waals surface area contributed by atoms with Crippen LogP contribution in [0.2, 0.25) is 0 Å². The Morgan fingerprint density at radius 1 is 1.28 bits per heavy atom. The maximum absolute atomic E-state index is 12.1. The molecule has 0 N–H and O–H groups in total. The van der Waals surface area contributed by atoms with Crippen molar-refractivity contribution in [2.45, 2.75) is 44.3 Å². The fourth-order valence-corrected chi connectivity index (χ4v) is 3.34. The summed E-state index contributed by atoms with van der Waals surface area (Å²) in [6, 6.07) is 10.1. The van der Waals surface area contributed by atoms with Gasteiger partial charge in [0.05, 0.1) is 0 Å². The number of carbonyl (C=O) groups is 1. The second-order valence-corrected chi connectivity index (χ2v) is 7.68. The van der Waals surface area contributed by atoms with Crippen molar-refractivity contribution in [1.82, 2.24) is 0 Å². The Kier molecular flexibility index (Phi) is 3.45. The van der Waals surface area contributed by atoms with E-state index in [9.17, 15) is 4.79 Å². The zero-order chi connectivity index (χ0) is 13.4. The first-order valence-electron chi connectivity index (χ1n) is 6.24. The van der Waals surface area contributed by atoms with Crippen LogP contribution >= 0.6 is 11.8 Å². The van der Waals surface area contributed by atoms with Crippen LogP contribution in [-0.4, -0.2) is 16.2 Å². The molecule has 0 saturated carbocycles. The average Bonchev–Trinajstić information content (AvgIpc) is 2.56. The van der Waals surface area contributed by atoms with Gasteiger partial charge in [-0.2, -0.15) is 0 Å².